The molecule has 3 nitrogen and oxygen atoms in total. The molecule has 92 valence electrons. The average molecular weight is 250 g/mol. The molecule has 1 atom stereocenters. The van der Waals surface area contributed by atoms with Crippen LogP contribution in [-0.2, 0) is 4.74 Å². The number of hydrogen-bond donors (Lipinski definition) is 1. The van der Waals surface area contributed by atoms with Gasteiger partial charge in [0.15, 0.2) is 0 Å². The summed E-state index contributed by atoms with van der Waals surface area (Å²) in [6.07, 6.45) is 0. The van der Waals surface area contributed by atoms with Crippen LogP contribution in [0.25, 0.3) is 0 Å². The third-order valence-electron chi connectivity index (χ3n) is 2.26. The first-order valence-corrected chi connectivity index (χ1v) is 6.62. The molecular formula is C13H18N2OS. The molecule has 0 radical (unpaired) electrons. The van der Waals surface area contributed by atoms with Gasteiger partial charge in [0.25, 0.3) is 0 Å². The van der Waals surface area contributed by atoms with Crippen molar-refractivity contribution in [1.82, 2.24) is 0 Å². The summed E-state index contributed by atoms with van der Waals surface area (Å²) < 4.78 is 5.08. The molecule has 0 saturated carbocycles. The summed E-state index contributed by atoms with van der Waals surface area (Å²) in [7, 11) is 1.67. The number of methoxy groups -OCH3 is 1. The molecule has 0 fully saturated rings. The summed E-state index contributed by atoms with van der Waals surface area (Å²) >= 11 is 1.69. The summed E-state index contributed by atoms with van der Waals surface area (Å²) in [4.78, 5) is 1.03. The van der Waals surface area contributed by atoms with Crippen LogP contribution in [0, 0.1) is 11.3 Å². The van der Waals surface area contributed by atoms with Crippen LogP contribution in [0.15, 0.2) is 23.1 Å². The number of nitrogens with one attached hydrogen (secondary N) is 1. The van der Waals surface area contributed by atoms with Crippen molar-refractivity contribution in [3.05, 3.63) is 23.8 Å². The fourth-order valence-electron chi connectivity index (χ4n) is 1.60. The van der Waals surface area contributed by atoms with Crippen LogP contribution in [0.2, 0.25) is 0 Å². The number of thioether (sulfide) groups is 1. The Morgan fingerprint density at radius 2 is 2.29 bits per heavy atom. The molecule has 1 aromatic carbocycles. The highest BCUT2D eigenvalue weighted by Gasteiger charge is 2.10. The predicted octanol–water partition coefficient (Wildman–Crippen LogP) is 3.12. The largest absolute Gasteiger partial charge is 0.383 e. The molecule has 1 rings (SSSR count). The SMILES string of the molecule is CCSc1cccc(NC(C)COC)c1C#N. The Labute approximate surface area is 107 Å². The molecule has 0 aliphatic heterocycles. The normalized spacial score (nSPS) is 11.9. The number of rotatable bonds is 6. The second kappa shape index (κ2) is 7.21. The zero-order chi connectivity index (χ0) is 12.7. The minimum absolute atomic E-state index is 0.189. The van der Waals surface area contributed by atoms with Crippen molar-refractivity contribution in [3.8, 4) is 6.07 Å². The first-order chi connectivity index (χ1) is 8.22. The lowest BCUT2D eigenvalue weighted by Gasteiger charge is -2.16. The van der Waals surface area contributed by atoms with Gasteiger partial charge in [-0.15, -0.1) is 11.8 Å². The monoisotopic (exact) mass is 250 g/mol. The van der Waals surface area contributed by atoms with E-state index < -0.39 is 0 Å². The summed E-state index contributed by atoms with van der Waals surface area (Å²) in [5.41, 5.74) is 1.61. The third kappa shape index (κ3) is 3.95. The van der Waals surface area contributed by atoms with Gasteiger partial charge in [-0.2, -0.15) is 5.26 Å². The van der Waals surface area contributed by atoms with E-state index >= 15 is 0 Å². The maximum atomic E-state index is 9.23. The van der Waals surface area contributed by atoms with Crippen LogP contribution in [-0.4, -0.2) is 25.5 Å². The number of hydrogen-bond acceptors (Lipinski definition) is 4. The smallest absolute Gasteiger partial charge is 0.102 e. The van der Waals surface area contributed by atoms with E-state index in [1.807, 2.05) is 25.1 Å². The number of benzene rings is 1. The summed E-state index contributed by atoms with van der Waals surface area (Å²) in [5, 5.41) is 12.5. The Kier molecular flexibility index (Phi) is 5.88. The molecule has 0 aliphatic carbocycles. The zero-order valence-corrected chi connectivity index (χ0v) is 11.3. The van der Waals surface area contributed by atoms with Gasteiger partial charge < -0.3 is 10.1 Å². The molecule has 0 spiro atoms. The number of nitrogens with zero attached hydrogens (tertiary/aromatic N) is 1. The van der Waals surface area contributed by atoms with Crippen LogP contribution >= 0.6 is 11.8 Å². The van der Waals surface area contributed by atoms with Crippen molar-refractivity contribution < 1.29 is 4.74 Å². The summed E-state index contributed by atoms with van der Waals surface area (Å²) in [5.74, 6) is 0.964. The fourth-order valence-corrected chi connectivity index (χ4v) is 2.39. The maximum Gasteiger partial charge on any atom is 0.102 e. The molecule has 0 aliphatic rings. The Hall–Kier alpha value is -1.18. The van der Waals surface area contributed by atoms with Crippen LogP contribution in [0.5, 0.6) is 0 Å². The predicted molar refractivity (Wildman–Crippen MR) is 72.5 cm³/mol. The van der Waals surface area contributed by atoms with Crippen molar-refractivity contribution in [3.63, 3.8) is 0 Å². The van der Waals surface area contributed by atoms with E-state index in [4.69, 9.17) is 4.74 Å². The number of anilines is 1. The van der Waals surface area contributed by atoms with E-state index in [0.29, 0.717) is 6.61 Å². The van der Waals surface area contributed by atoms with Gasteiger partial charge in [0.1, 0.15) is 6.07 Å². The highest BCUT2D eigenvalue weighted by Crippen LogP contribution is 2.28. The van der Waals surface area contributed by atoms with Gasteiger partial charge in [0.2, 0.25) is 0 Å². The second-order valence-electron chi connectivity index (χ2n) is 3.72. The number of nitriles is 1. The molecular weight excluding hydrogens is 232 g/mol. The van der Waals surface area contributed by atoms with Crippen molar-refractivity contribution in [2.75, 3.05) is 24.8 Å². The molecule has 4 heteroatoms. The molecule has 0 heterocycles. The van der Waals surface area contributed by atoms with Crippen LogP contribution in [0.1, 0.15) is 19.4 Å². The van der Waals surface area contributed by atoms with Crippen LogP contribution in [0.4, 0.5) is 5.69 Å². The highest BCUT2D eigenvalue weighted by molar-refractivity contribution is 7.99. The van der Waals surface area contributed by atoms with Gasteiger partial charge in [-0.1, -0.05) is 13.0 Å². The van der Waals surface area contributed by atoms with Crippen molar-refractivity contribution in [1.29, 1.82) is 5.26 Å². The van der Waals surface area contributed by atoms with E-state index in [0.717, 1.165) is 21.9 Å². The Morgan fingerprint density at radius 3 is 2.88 bits per heavy atom. The molecule has 1 aromatic rings. The van der Waals surface area contributed by atoms with E-state index in [1.54, 1.807) is 18.9 Å². The minimum Gasteiger partial charge on any atom is -0.383 e. The molecule has 0 bridgehead atoms. The van der Waals surface area contributed by atoms with Crippen LogP contribution in [0.3, 0.4) is 0 Å². The lowest BCUT2D eigenvalue weighted by molar-refractivity contribution is 0.190. The summed E-state index contributed by atoms with van der Waals surface area (Å²) in [6, 6.07) is 8.35. The van der Waals surface area contributed by atoms with E-state index in [9.17, 15) is 5.26 Å². The Balaban J connectivity index is 2.91. The van der Waals surface area contributed by atoms with Crippen molar-refractivity contribution >= 4 is 17.4 Å². The zero-order valence-electron chi connectivity index (χ0n) is 10.5. The van der Waals surface area contributed by atoms with Gasteiger partial charge in [-0.25, -0.2) is 0 Å². The van der Waals surface area contributed by atoms with Gasteiger partial charge in [0.05, 0.1) is 17.9 Å². The number of ether oxygens (including phenoxy) is 1. The molecule has 1 unspecified atom stereocenters. The molecule has 0 saturated heterocycles. The highest BCUT2D eigenvalue weighted by atomic mass is 32.2. The van der Waals surface area contributed by atoms with E-state index in [2.05, 4.69) is 18.3 Å². The van der Waals surface area contributed by atoms with Gasteiger partial charge in [-0.05, 0) is 24.8 Å². The lowest BCUT2D eigenvalue weighted by Crippen LogP contribution is -2.21. The van der Waals surface area contributed by atoms with Gasteiger partial charge >= 0.3 is 0 Å². The average Bonchev–Trinajstić information content (AvgIpc) is 2.30. The minimum atomic E-state index is 0.189. The Morgan fingerprint density at radius 1 is 1.53 bits per heavy atom. The molecule has 0 aromatic heterocycles. The lowest BCUT2D eigenvalue weighted by atomic mass is 10.2. The summed E-state index contributed by atoms with van der Waals surface area (Å²) in [6.45, 7) is 4.74. The standard InChI is InChI=1S/C13H18N2OS/c1-4-17-13-7-5-6-12(11(13)8-14)15-10(2)9-16-3/h5-7,10,15H,4,9H2,1-3H3. The van der Waals surface area contributed by atoms with Crippen molar-refractivity contribution in [2.45, 2.75) is 24.8 Å². The maximum absolute atomic E-state index is 9.23. The molecule has 0 amide bonds. The van der Waals surface area contributed by atoms with Gasteiger partial charge in [0, 0.05) is 18.0 Å². The van der Waals surface area contributed by atoms with Crippen LogP contribution < -0.4 is 5.32 Å². The fraction of sp³-hybridized carbons (Fsp3) is 0.462. The molecule has 1 N–H and O–H groups in total. The second-order valence-corrected chi connectivity index (χ2v) is 5.03. The van der Waals surface area contributed by atoms with E-state index in [-0.39, 0.29) is 6.04 Å². The van der Waals surface area contributed by atoms with Crippen molar-refractivity contribution in [2.24, 2.45) is 0 Å². The Bertz CT molecular complexity index is 401. The van der Waals surface area contributed by atoms with E-state index in [1.165, 1.54) is 0 Å². The first kappa shape index (κ1) is 13.9. The molecule has 17 heavy (non-hydrogen) atoms. The first-order valence-electron chi connectivity index (χ1n) is 5.64. The van der Waals surface area contributed by atoms with Gasteiger partial charge in [-0.3, -0.25) is 0 Å². The quantitative estimate of drug-likeness (QED) is 0.788. The third-order valence-corrected chi connectivity index (χ3v) is 3.20. The topological polar surface area (TPSA) is 45.0 Å².